The standard InChI is InChI=1S/C20H27IN4O/c1-4-25(5-2)20(26)23-13-9-14-17(24(3)11-13)8-12-10-22-16-7-6-15(21)19(14)18(12)16/h6-7,10,13-14,17,22H,4-5,8-9,11H2,1-3H3,(H,23,26)/t13-,14-,17+/m0/s1. The smallest absolute Gasteiger partial charge is 0.317 e. The Bertz CT molecular complexity index is 829. The number of rotatable bonds is 3. The SMILES string of the molecule is CCN(CC)C(=O)N[C@H]1C[C@@H]2c3c(I)ccc4[nH]cc(c34)C[C@H]2N(C)C1. The molecule has 1 aliphatic carbocycles. The minimum Gasteiger partial charge on any atom is -0.361 e. The van der Waals surface area contributed by atoms with Crippen molar-refractivity contribution in [2.45, 2.75) is 44.7 Å². The lowest BCUT2D eigenvalue weighted by atomic mass is 9.74. The number of halogens is 1. The van der Waals surface area contributed by atoms with Crippen LogP contribution in [0.1, 0.15) is 37.3 Å². The third-order valence-corrected chi connectivity index (χ3v) is 7.11. The Morgan fingerprint density at radius 1 is 1.38 bits per heavy atom. The Morgan fingerprint density at radius 3 is 2.88 bits per heavy atom. The van der Waals surface area contributed by atoms with Crippen LogP contribution >= 0.6 is 22.6 Å². The number of urea groups is 1. The summed E-state index contributed by atoms with van der Waals surface area (Å²) in [7, 11) is 2.21. The molecule has 1 saturated heterocycles. The number of carbonyl (C=O) groups excluding carboxylic acids is 1. The van der Waals surface area contributed by atoms with Gasteiger partial charge in [-0.1, -0.05) is 0 Å². The highest BCUT2D eigenvalue weighted by atomic mass is 127. The van der Waals surface area contributed by atoms with E-state index in [4.69, 9.17) is 0 Å². The van der Waals surface area contributed by atoms with Crippen molar-refractivity contribution in [2.24, 2.45) is 0 Å². The van der Waals surface area contributed by atoms with Gasteiger partial charge in [-0.2, -0.15) is 0 Å². The summed E-state index contributed by atoms with van der Waals surface area (Å²) in [6.07, 6.45) is 4.29. The summed E-state index contributed by atoms with van der Waals surface area (Å²) in [6, 6.07) is 5.19. The van der Waals surface area contributed by atoms with E-state index in [1.54, 1.807) is 0 Å². The lowest BCUT2D eigenvalue weighted by Crippen LogP contribution is -2.56. The second kappa shape index (κ2) is 7.03. The molecule has 1 fully saturated rings. The van der Waals surface area contributed by atoms with Gasteiger partial charge in [0.1, 0.15) is 0 Å². The molecule has 1 aromatic heterocycles. The lowest BCUT2D eigenvalue weighted by molar-refractivity contribution is 0.123. The predicted molar refractivity (Wildman–Crippen MR) is 114 cm³/mol. The number of nitrogens with zero attached hydrogens (tertiary/aromatic N) is 2. The molecule has 140 valence electrons. The summed E-state index contributed by atoms with van der Waals surface area (Å²) in [6.45, 7) is 6.48. The first-order valence-corrected chi connectivity index (χ1v) is 10.6. The molecule has 0 spiro atoms. The number of likely N-dealkylation sites (N-methyl/N-ethyl adjacent to an activating group) is 1. The van der Waals surface area contributed by atoms with Crippen molar-refractivity contribution in [3.63, 3.8) is 0 Å². The van der Waals surface area contributed by atoms with Gasteiger partial charge in [0.25, 0.3) is 0 Å². The molecule has 5 nitrogen and oxygen atoms in total. The van der Waals surface area contributed by atoms with Crippen LogP contribution in [0.2, 0.25) is 0 Å². The Kier molecular flexibility index (Phi) is 4.90. The first-order valence-electron chi connectivity index (χ1n) is 9.57. The molecule has 0 bridgehead atoms. The van der Waals surface area contributed by atoms with Crippen LogP contribution in [0.25, 0.3) is 10.9 Å². The molecule has 3 atom stereocenters. The van der Waals surface area contributed by atoms with E-state index in [-0.39, 0.29) is 12.1 Å². The molecule has 2 N–H and O–H groups in total. The summed E-state index contributed by atoms with van der Waals surface area (Å²) >= 11 is 2.48. The number of H-pyrrole nitrogens is 1. The Labute approximate surface area is 168 Å². The van der Waals surface area contributed by atoms with E-state index < -0.39 is 0 Å². The largest absolute Gasteiger partial charge is 0.361 e. The van der Waals surface area contributed by atoms with Gasteiger partial charge in [-0.15, -0.1) is 0 Å². The number of fused-ring (bicyclic) bond motifs is 2. The van der Waals surface area contributed by atoms with Crippen LogP contribution in [0, 0.1) is 3.57 Å². The van der Waals surface area contributed by atoms with Crippen molar-refractivity contribution < 1.29 is 4.79 Å². The minimum atomic E-state index is 0.0675. The van der Waals surface area contributed by atoms with Crippen LogP contribution < -0.4 is 5.32 Å². The van der Waals surface area contributed by atoms with Gasteiger partial charge in [0.05, 0.1) is 0 Å². The van der Waals surface area contributed by atoms with Gasteiger partial charge < -0.3 is 20.1 Å². The zero-order chi connectivity index (χ0) is 18.4. The number of likely N-dealkylation sites (tertiary alicyclic amines) is 1. The number of piperidine rings is 1. The van der Waals surface area contributed by atoms with Crippen molar-refractivity contribution in [1.82, 2.24) is 20.1 Å². The molecule has 2 amide bonds. The van der Waals surface area contributed by atoms with Gasteiger partial charge >= 0.3 is 6.03 Å². The number of benzene rings is 1. The van der Waals surface area contributed by atoms with Crippen molar-refractivity contribution in [1.29, 1.82) is 0 Å². The van der Waals surface area contributed by atoms with Crippen LogP contribution in [-0.4, -0.2) is 59.6 Å². The molecule has 0 radical (unpaired) electrons. The number of aromatic nitrogens is 1. The van der Waals surface area contributed by atoms with Gasteiger partial charge in [-0.3, -0.25) is 0 Å². The van der Waals surface area contributed by atoms with Crippen molar-refractivity contribution in [3.8, 4) is 0 Å². The molecule has 2 aliphatic rings. The molecule has 2 aromatic rings. The van der Waals surface area contributed by atoms with Crippen LogP contribution in [0.3, 0.4) is 0 Å². The highest BCUT2D eigenvalue weighted by Crippen LogP contribution is 2.44. The Balaban J connectivity index is 1.64. The van der Waals surface area contributed by atoms with Gasteiger partial charge in [0.2, 0.25) is 0 Å². The minimum absolute atomic E-state index is 0.0675. The summed E-state index contributed by atoms with van der Waals surface area (Å²) in [5, 5.41) is 4.71. The fourth-order valence-electron chi connectivity index (χ4n) is 4.86. The quantitative estimate of drug-likeness (QED) is 0.681. The monoisotopic (exact) mass is 466 g/mol. The van der Waals surface area contributed by atoms with Crippen LogP contribution in [0.4, 0.5) is 4.79 Å². The molecular formula is C20H27IN4O. The third-order valence-electron chi connectivity index (χ3n) is 6.17. The zero-order valence-corrected chi connectivity index (χ0v) is 17.8. The van der Waals surface area contributed by atoms with E-state index in [9.17, 15) is 4.79 Å². The Hall–Kier alpha value is -1.28. The van der Waals surface area contributed by atoms with E-state index in [0.29, 0.717) is 12.0 Å². The number of aromatic amines is 1. The van der Waals surface area contributed by atoms with Gasteiger partial charge in [0, 0.05) is 58.3 Å². The average molecular weight is 466 g/mol. The van der Waals surface area contributed by atoms with Gasteiger partial charge in [-0.05, 0) is 79.6 Å². The summed E-state index contributed by atoms with van der Waals surface area (Å²) < 4.78 is 1.34. The second-order valence-corrected chi connectivity index (χ2v) is 8.73. The fourth-order valence-corrected chi connectivity index (χ4v) is 5.71. The molecule has 6 heteroatoms. The molecule has 0 saturated carbocycles. The highest BCUT2D eigenvalue weighted by molar-refractivity contribution is 14.1. The summed E-state index contributed by atoms with van der Waals surface area (Å²) in [5.74, 6) is 0.467. The predicted octanol–water partition coefficient (Wildman–Crippen LogP) is 3.54. The third kappa shape index (κ3) is 2.91. The van der Waals surface area contributed by atoms with Crippen LogP contribution in [0.15, 0.2) is 18.3 Å². The van der Waals surface area contributed by atoms with E-state index in [0.717, 1.165) is 32.5 Å². The molecule has 26 heavy (non-hydrogen) atoms. The van der Waals surface area contributed by atoms with Crippen LogP contribution in [-0.2, 0) is 6.42 Å². The lowest BCUT2D eigenvalue weighted by Gasteiger charge is -2.46. The maximum Gasteiger partial charge on any atom is 0.317 e. The van der Waals surface area contributed by atoms with Crippen molar-refractivity contribution in [3.05, 3.63) is 33.0 Å². The summed E-state index contributed by atoms with van der Waals surface area (Å²) in [5.41, 5.74) is 4.15. The van der Waals surface area contributed by atoms with E-state index in [1.807, 2.05) is 18.7 Å². The topological polar surface area (TPSA) is 51.4 Å². The van der Waals surface area contributed by atoms with E-state index in [1.165, 1.54) is 25.6 Å². The molecule has 4 rings (SSSR count). The van der Waals surface area contributed by atoms with Crippen LogP contribution in [0.5, 0.6) is 0 Å². The average Bonchev–Trinajstić information content (AvgIpc) is 3.02. The van der Waals surface area contributed by atoms with Gasteiger partial charge in [-0.25, -0.2) is 4.79 Å². The maximum absolute atomic E-state index is 12.5. The Morgan fingerprint density at radius 2 is 2.15 bits per heavy atom. The first-order chi connectivity index (χ1) is 12.5. The molecule has 2 heterocycles. The van der Waals surface area contributed by atoms with Crippen molar-refractivity contribution >= 4 is 39.5 Å². The number of carbonyl (C=O) groups is 1. The van der Waals surface area contributed by atoms with Gasteiger partial charge in [0.15, 0.2) is 0 Å². The number of nitrogens with one attached hydrogen (secondary N) is 2. The maximum atomic E-state index is 12.5. The molecular weight excluding hydrogens is 439 g/mol. The molecule has 1 aliphatic heterocycles. The van der Waals surface area contributed by atoms with E-state index in [2.05, 4.69) is 63.2 Å². The second-order valence-electron chi connectivity index (χ2n) is 7.57. The first kappa shape index (κ1) is 18.1. The number of amides is 2. The van der Waals surface area contributed by atoms with Crippen molar-refractivity contribution in [2.75, 3.05) is 26.7 Å². The normalized spacial score (nSPS) is 25.2. The molecule has 0 unspecified atom stereocenters. The summed E-state index contributed by atoms with van der Waals surface area (Å²) in [4.78, 5) is 20.3. The van der Waals surface area contributed by atoms with E-state index >= 15 is 0 Å². The highest BCUT2D eigenvalue weighted by Gasteiger charge is 2.40. The number of hydrogen-bond donors (Lipinski definition) is 2. The molecule has 1 aromatic carbocycles. The fraction of sp³-hybridized carbons (Fsp3) is 0.550. The zero-order valence-electron chi connectivity index (χ0n) is 15.7. The number of hydrogen-bond acceptors (Lipinski definition) is 2.